The Hall–Kier alpha value is -2.81. The van der Waals surface area contributed by atoms with E-state index in [-0.39, 0.29) is 16.2 Å². The number of para-hydroxylation sites is 2. The highest BCUT2D eigenvalue weighted by Gasteiger charge is 2.41. The monoisotopic (exact) mass is 348 g/mol. The Kier molecular flexibility index (Phi) is 3.14. The molecule has 0 spiro atoms. The fourth-order valence-electron chi connectivity index (χ4n) is 2.49. The third kappa shape index (κ3) is 2.16. The van der Waals surface area contributed by atoms with E-state index in [1.807, 2.05) is 0 Å². The smallest absolute Gasteiger partial charge is 0.286 e. The molecule has 0 aliphatic heterocycles. The Morgan fingerprint density at radius 3 is 2.58 bits per heavy atom. The first kappa shape index (κ1) is 14.8. The lowest BCUT2D eigenvalue weighted by Crippen LogP contribution is -2.21. The van der Waals surface area contributed by atoms with E-state index >= 15 is 0 Å². The van der Waals surface area contributed by atoms with Gasteiger partial charge in [0, 0.05) is 0 Å². The van der Waals surface area contributed by atoms with Crippen LogP contribution in [0.4, 0.5) is 13.2 Å². The average Bonchev–Trinajstić information content (AvgIpc) is 3.19. The van der Waals surface area contributed by atoms with Gasteiger partial charge in [-0.15, -0.1) is 21.5 Å². The van der Waals surface area contributed by atoms with E-state index < -0.39 is 23.3 Å². The van der Waals surface area contributed by atoms with Crippen LogP contribution in [0.5, 0.6) is 0 Å². The first-order chi connectivity index (χ1) is 11.5. The molecule has 4 aromatic rings. The van der Waals surface area contributed by atoms with Gasteiger partial charge in [0.05, 0.1) is 15.9 Å². The number of hydrogen-bond acceptors (Lipinski definition) is 5. The molecule has 0 aliphatic carbocycles. The number of benzene rings is 1. The molecule has 4 rings (SSSR count). The van der Waals surface area contributed by atoms with Crippen molar-refractivity contribution in [2.24, 2.45) is 0 Å². The first-order valence-corrected chi connectivity index (χ1v) is 7.64. The number of imidazole rings is 1. The van der Waals surface area contributed by atoms with Gasteiger partial charge in [-0.3, -0.25) is 9.20 Å². The van der Waals surface area contributed by atoms with Crippen LogP contribution < -0.4 is 0 Å². The Morgan fingerprint density at radius 2 is 1.88 bits per heavy atom. The van der Waals surface area contributed by atoms with Gasteiger partial charge in [-0.25, -0.2) is 4.98 Å². The summed E-state index contributed by atoms with van der Waals surface area (Å²) >= 11 is 1.05. The molecule has 3 aromatic heterocycles. The maximum Gasteiger partial charge on any atom is 0.434 e. The Labute approximate surface area is 136 Å². The lowest BCUT2D eigenvalue weighted by atomic mass is 10.2. The minimum atomic E-state index is -4.79. The van der Waals surface area contributed by atoms with E-state index in [9.17, 15) is 18.0 Å². The Bertz CT molecular complexity index is 1070. The zero-order valence-corrected chi connectivity index (χ0v) is 12.6. The molecule has 3 heterocycles. The molecule has 0 amide bonds. The predicted molar refractivity (Wildman–Crippen MR) is 81.0 cm³/mol. The predicted octanol–water partition coefficient (Wildman–Crippen LogP) is 3.59. The van der Waals surface area contributed by atoms with Crippen LogP contribution in [0.3, 0.4) is 0 Å². The maximum absolute atomic E-state index is 13.7. The van der Waals surface area contributed by atoms with Crippen molar-refractivity contribution in [3.05, 3.63) is 58.0 Å². The van der Waals surface area contributed by atoms with Crippen LogP contribution in [0.25, 0.3) is 16.8 Å². The van der Waals surface area contributed by atoms with Crippen LogP contribution >= 0.6 is 11.3 Å². The second-order valence-electron chi connectivity index (χ2n) is 4.94. The van der Waals surface area contributed by atoms with Crippen molar-refractivity contribution in [3.8, 4) is 0 Å². The number of hydrogen-bond donors (Lipinski definition) is 0. The number of fused-ring (bicyclic) bond motifs is 3. The van der Waals surface area contributed by atoms with Crippen LogP contribution in [0, 0.1) is 0 Å². The lowest BCUT2D eigenvalue weighted by Gasteiger charge is -2.12. The second-order valence-corrected chi connectivity index (χ2v) is 5.89. The van der Waals surface area contributed by atoms with E-state index in [2.05, 4.69) is 15.2 Å². The molecular weight excluding hydrogens is 341 g/mol. The van der Waals surface area contributed by atoms with Crippen molar-refractivity contribution in [1.29, 1.82) is 0 Å². The van der Waals surface area contributed by atoms with E-state index in [0.717, 1.165) is 15.7 Å². The minimum Gasteiger partial charge on any atom is -0.286 e. The van der Waals surface area contributed by atoms with Gasteiger partial charge in [-0.1, -0.05) is 18.2 Å². The van der Waals surface area contributed by atoms with Gasteiger partial charge in [0.25, 0.3) is 5.78 Å². The second kappa shape index (κ2) is 5.10. The van der Waals surface area contributed by atoms with Crippen LogP contribution in [0.15, 0.2) is 41.8 Å². The molecule has 0 aliphatic rings. The molecule has 0 bridgehead atoms. The maximum atomic E-state index is 13.7. The molecule has 0 fully saturated rings. The van der Waals surface area contributed by atoms with Crippen LogP contribution in [-0.2, 0) is 6.18 Å². The van der Waals surface area contributed by atoms with Crippen LogP contribution in [0.2, 0.25) is 0 Å². The van der Waals surface area contributed by atoms with E-state index in [1.54, 1.807) is 29.6 Å². The number of rotatable bonds is 2. The number of carbonyl (C=O) groups excluding carboxylic acids is 1. The molecule has 0 atom stereocenters. The summed E-state index contributed by atoms with van der Waals surface area (Å²) in [4.78, 5) is 16.6. The summed E-state index contributed by atoms with van der Waals surface area (Å²) in [5.74, 6) is -1.02. The Morgan fingerprint density at radius 1 is 1.08 bits per heavy atom. The van der Waals surface area contributed by atoms with Crippen molar-refractivity contribution in [3.63, 3.8) is 0 Å². The molecule has 5 nitrogen and oxygen atoms in total. The van der Waals surface area contributed by atoms with Gasteiger partial charge in [-0.05, 0) is 23.6 Å². The summed E-state index contributed by atoms with van der Waals surface area (Å²) in [6.45, 7) is 0. The molecule has 0 saturated heterocycles. The van der Waals surface area contributed by atoms with Crippen LogP contribution in [-0.4, -0.2) is 25.4 Å². The zero-order chi connectivity index (χ0) is 16.9. The number of nitrogens with zero attached hydrogens (tertiary/aromatic N) is 4. The third-order valence-corrected chi connectivity index (χ3v) is 4.33. The standard InChI is InChI=1S/C15H7F3N4OS/c16-15(17,18)13-11(12(23)10-6-3-7-24-10)20-21-14-19-8-4-1-2-5-9(8)22(13)14/h1-7H. The topological polar surface area (TPSA) is 60.2 Å². The number of carbonyl (C=O) groups is 1. The van der Waals surface area contributed by atoms with Gasteiger partial charge in [0.1, 0.15) is 0 Å². The van der Waals surface area contributed by atoms with E-state index in [1.165, 1.54) is 12.1 Å². The average molecular weight is 348 g/mol. The fourth-order valence-corrected chi connectivity index (χ4v) is 3.15. The molecular formula is C15H7F3N4OS. The normalized spacial score (nSPS) is 12.1. The summed E-state index contributed by atoms with van der Waals surface area (Å²) in [6.07, 6.45) is -4.79. The summed E-state index contributed by atoms with van der Waals surface area (Å²) in [5.41, 5.74) is -1.34. The van der Waals surface area contributed by atoms with Crippen molar-refractivity contribution in [2.75, 3.05) is 0 Å². The highest BCUT2D eigenvalue weighted by atomic mass is 32.1. The molecule has 0 radical (unpaired) electrons. The molecule has 0 saturated carbocycles. The molecule has 0 unspecified atom stereocenters. The number of thiophene rings is 1. The van der Waals surface area contributed by atoms with Gasteiger partial charge >= 0.3 is 6.18 Å². The van der Waals surface area contributed by atoms with Crippen molar-refractivity contribution >= 4 is 33.9 Å². The highest BCUT2D eigenvalue weighted by Crippen LogP contribution is 2.34. The van der Waals surface area contributed by atoms with Gasteiger partial charge in [0.15, 0.2) is 11.4 Å². The quantitative estimate of drug-likeness (QED) is 0.520. The zero-order valence-electron chi connectivity index (χ0n) is 11.8. The van der Waals surface area contributed by atoms with E-state index in [4.69, 9.17) is 0 Å². The van der Waals surface area contributed by atoms with Gasteiger partial charge < -0.3 is 0 Å². The molecule has 0 N–H and O–H groups in total. The van der Waals surface area contributed by atoms with Crippen molar-refractivity contribution < 1.29 is 18.0 Å². The highest BCUT2D eigenvalue weighted by molar-refractivity contribution is 7.12. The first-order valence-electron chi connectivity index (χ1n) is 6.76. The summed E-state index contributed by atoms with van der Waals surface area (Å²) in [6, 6.07) is 9.36. The van der Waals surface area contributed by atoms with Crippen molar-refractivity contribution in [1.82, 2.24) is 19.6 Å². The van der Waals surface area contributed by atoms with Crippen LogP contribution in [0.1, 0.15) is 21.1 Å². The third-order valence-electron chi connectivity index (χ3n) is 3.46. The number of aromatic nitrogens is 4. The molecule has 120 valence electrons. The largest absolute Gasteiger partial charge is 0.434 e. The number of halogens is 3. The van der Waals surface area contributed by atoms with Gasteiger partial charge in [-0.2, -0.15) is 13.2 Å². The minimum absolute atomic E-state index is 0.165. The van der Waals surface area contributed by atoms with Gasteiger partial charge in [0.2, 0.25) is 5.78 Å². The van der Waals surface area contributed by atoms with E-state index in [0.29, 0.717) is 5.52 Å². The molecule has 1 aromatic carbocycles. The Balaban J connectivity index is 2.11. The number of ketones is 1. The summed E-state index contributed by atoms with van der Waals surface area (Å²) in [5, 5.41) is 8.85. The lowest BCUT2D eigenvalue weighted by molar-refractivity contribution is -0.142. The summed E-state index contributed by atoms with van der Waals surface area (Å²) in [7, 11) is 0. The summed E-state index contributed by atoms with van der Waals surface area (Å²) < 4.78 is 42.0. The fraction of sp³-hybridized carbons (Fsp3) is 0.0667. The number of alkyl halides is 3. The van der Waals surface area contributed by atoms with Crippen molar-refractivity contribution in [2.45, 2.75) is 6.18 Å². The molecule has 24 heavy (non-hydrogen) atoms. The SMILES string of the molecule is O=C(c1cccs1)c1nnc2nc3ccccc3n2c1C(F)(F)F. The molecule has 9 heteroatoms.